The third kappa shape index (κ3) is 3.14. The molecule has 1 unspecified atom stereocenters. The molecule has 0 aliphatic heterocycles. The molecule has 0 spiro atoms. The van der Waals surface area contributed by atoms with Gasteiger partial charge in [-0.15, -0.1) is 0 Å². The van der Waals surface area contributed by atoms with Gasteiger partial charge in [0.15, 0.2) is 0 Å². The molecule has 0 saturated heterocycles. The van der Waals surface area contributed by atoms with Gasteiger partial charge in [-0.2, -0.15) is 5.10 Å². The minimum absolute atomic E-state index is 0.172. The Labute approximate surface area is 127 Å². The summed E-state index contributed by atoms with van der Waals surface area (Å²) in [7, 11) is 0. The molecule has 1 aromatic carbocycles. The van der Waals surface area contributed by atoms with Gasteiger partial charge in [-0.25, -0.2) is 0 Å². The fourth-order valence-electron chi connectivity index (χ4n) is 1.74. The van der Waals surface area contributed by atoms with Crippen molar-refractivity contribution in [2.24, 2.45) is 0 Å². The maximum atomic E-state index is 12.2. The molecule has 0 radical (unpaired) electrons. The van der Waals surface area contributed by atoms with Gasteiger partial charge in [0.25, 0.3) is 0 Å². The van der Waals surface area contributed by atoms with Gasteiger partial charge in [0, 0.05) is 16.9 Å². The van der Waals surface area contributed by atoms with E-state index in [1.165, 1.54) is 0 Å². The first kappa shape index (κ1) is 14.9. The van der Waals surface area contributed by atoms with Crippen LogP contribution < -0.4 is 5.32 Å². The fraction of sp³-hybridized carbons (Fsp3) is 0.286. The highest BCUT2D eigenvalue weighted by molar-refractivity contribution is 6.31. The number of hydrogen-bond donors (Lipinski definition) is 1. The maximum absolute atomic E-state index is 12.2. The topological polar surface area (TPSA) is 46.9 Å². The van der Waals surface area contributed by atoms with E-state index < -0.39 is 6.04 Å². The maximum Gasteiger partial charge on any atom is 0.248 e. The first-order valence-electron chi connectivity index (χ1n) is 6.16. The highest BCUT2D eigenvalue weighted by Gasteiger charge is 2.18. The Morgan fingerprint density at radius 1 is 1.35 bits per heavy atom. The number of aryl methyl sites for hydroxylation is 2. The molecule has 1 atom stereocenters. The third-order valence-corrected chi connectivity index (χ3v) is 3.70. The SMILES string of the molecule is Cc1ccc(Cl)cc1NC(=O)C(C)n1cc(Cl)c(C)n1. The largest absolute Gasteiger partial charge is 0.324 e. The summed E-state index contributed by atoms with van der Waals surface area (Å²) in [5, 5.41) is 8.19. The van der Waals surface area contributed by atoms with Crippen LogP contribution in [0.1, 0.15) is 24.2 Å². The second kappa shape index (κ2) is 5.85. The molecule has 4 nitrogen and oxygen atoms in total. The van der Waals surface area contributed by atoms with Crippen LogP contribution in [-0.4, -0.2) is 15.7 Å². The molecule has 2 rings (SSSR count). The van der Waals surface area contributed by atoms with E-state index in [1.54, 1.807) is 36.9 Å². The van der Waals surface area contributed by atoms with Crippen LogP contribution in [0.2, 0.25) is 10.0 Å². The molecule has 1 aromatic heterocycles. The molecule has 0 bridgehead atoms. The van der Waals surface area contributed by atoms with Gasteiger partial charge in [0.05, 0.1) is 10.7 Å². The van der Waals surface area contributed by atoms with Gasteiger partial charge < -0.3 is 5.32 Å². The standard InChI is InChI=1S/C14H15Cl2N3O/c1-8-4-5-11(15)6-13(8)17-14(20)10(3)19-7-12(16)9(2)18-19/h4-7,10H,1-3H3,(H,17,20). The predicted octanol–water partition coefficient (Wildman–Crippen LogP) is 4.01. The zero-order valence-electron chi connectivity index (χ0n) is 11.4. The molecule has 1 heterocycles. The first-order valence-corrected chi connectivity index (χ1v) is 6.92. The normalized spacial score (nSPS) is 12.2. The molecule has 1 amide bonds. The summed E-state index contributed by atoms with van der Waals surface area (Å²) in [6.45, 7) is 5.47. The number of rotatable bonds is 3. The lowest BCUT2D eigenvalue weighted by atomic mass is 10.2. The predicted molar refractivity (Wildman–Crippen MR) is 81.5 cm³/mol. The van der Waals surface area contributed by atoms with Gasteiger partial charge in [-0.3, -0.25) is 9.48 Å². The molecule has 6 heteroatoms. The number of benzene rings is 1. The van der Waals surface area contributed by atoms with Gasteiger partial charge in [0.1, 0.15) is 6.04 Å². The van der Waals surface area contributed by atoms with Gasteiger partial charge in [-0.1, -0.05) is 29.3 Å². The lowest BCUT2D eigenvalue weighted by molar-refractivity contribution is -0.119. The average Bonchev–Trinajstić information content (AvgIpc) is 2.73. The van der Waals surface area contributed by atoms with Crippen molar-refractivity contribution in [2.75, 3.05) is 5.32 Å². The highest BCUT2D eigenvalue weighted by Crippen LogP contribution is 2.22. The monoisotopic (exact) mass is 311 g/mol. The second-order valence-corrected chi connectivity index (χ2v) is 5.51. The Balaban J connectivity index is 2.17. The van der Waals surface area contributed by atoms with Crippen LogP contribution in [0.3, 0.4) is 0 Å². The second-order valence-electron chi connectivity index (χ2n) is 4.67. The van der Waals surface area contributed by atoms with Crippen molar-refractivity contribution in [2.45, 2.75) is 26.8 Å². The molecule has 0 aliphatic carbocycles. The van der Waals surface area contributed by atoms with Crippen molar-refractivity contribution in [1.82, 2.24) is 9.78 Å². The summed E-state index contributed by atoms with van der Waals surface area (Å²) in [4.78, 5) is 12.2. The van der Waals surface area contributed by atoms with E-state index in [-0.39, 0.29) is 5.91 Å². The molecule has 20 heavy (non-hydrogen) atoms. The van der Waals surface area contributed by atoms with E-state index in [0.29, 0.717) is 21.4 Å². The van der Waals surface area contributed by atoms with Gasteiger partial charge >= 0.3 is 0 Å². The number of nitrogens with one attached hydrogen (secondary N) is 1. The number of amides is 1. The van der Waals surface area contributed by atoms with Crippen LogP contribution in [0.25, 0.3) is 0 Å². The van der Waals surface area contributed by atoms with Crippen molar-refractivity contribution in [3.8, 4) is 0 Å². The number of aromatic nitrogens is 2. The number of halogens is 2. The Bertz CT molecular complexity index is 632. The summed E-state index contributed by atoms with van der Waals surface area (Å²) in [5.41, 5.74) is 2.35. The minimum atomic E-state index is -0.459. The molecule has 0 fully saturated rings. The van der Waals surface area contributed by atoms with Crippen LogP contribution in [0.4, 0.5) is 5.69 Å². The molecule has 1 N–H and O–H groups in total. The zero-order chi connectivity index (χ0) is 14.9. The minimum Gasteiger partial charge on any atom is -0.324 e. The summed E-state index contributed by atoms with van der Waals surface area (Å²) < 4.78 is 1.55. The lowest BCUT2D eigenvalue weighted by Crippen LogP contribution is -2.24. The Morgan fingerprint density at radius 2 is 2.05 bits per heavy atom. The van der Waals surface area contributed by atoms with Crippen LogP contribution in [0.5, 0.6) is 0 Å². The Hall–Kier alpha value is -1.52. The van der Waals surface area contributed by atoms with Crippen molar-refractivity contribution >= 4 is 34.8 Å². The quantitative estimate of drug-likeness (QED) is 0.931. The van der Waals surface area contributed by atoms with E-state index in [4.69, 9.17) is 23.2 Å². The third-order valence-electron chi connectivity index (χ3n) is 3.09. The zero-order valence-corrected chi connectivity index (χ0v) is 13.0. The van der Waals surface area contributed by atoms with E-state index in [2.05, 4.69) is 10.4 Å². The van der Waals surface area contributed by atoms with Crippen LogP contribution in [0, 0.1) is 13.8 Å². The smallest absolute Gasteiger partial charge is 0.248 e. The van der Waals surface area contributed by atoms with Crippen molar-refractivity contribution < 1.29 is 4.79 Å². The molecule has 106 valence electrons. The average molecular weight is 312 g/mol. The molecular formula is C14H15Cl2N3O. The summed E-state index contributed by atoms with van der Waals surface area (Å²) in [6, 6.07) is 4.91. The summed E-state index contributed by atoms with van der Waals surface area (Å²) >= 11 is 11.9. The van der Waals surface area contributed by atoms with Crippen LogP contribution in [-0.2, 0) is 4.79 Å². The lowest BCUT2D eigenvalue weighted by Gasteiger charge is -2.14. The first-order chi connectivity index (χ1) is 9.38. The van der Waals surface area contributed by atoms with Crippen LogP contribution in [0.15, 0.2) is 24.4 Å². The molecule has 0 saturated carbocycles. The van der Waals surface area contributed by atoms with Crippen molar-refractivity contribution in [3.63, 3.8) is 0 Å². The van der Waals surface area contributed by atoms with E-state index in [0.717, 1.165) is 5.56 Å². The van der Waals surface area contributed by atoms with Gasteiger partial charge in [0.2, 0.25) is 5.91 Å². The Kier molecular flexibility index (Phi) is 4.35. The number of carbonyl (C=O) groups is 1. The Morgan fingerprint density at radius 3 is 2.65 bits per heavy atom. The fourth-order valence-corrected chi connectivity index (χ4v) is 2.05. The highest BCUT2D eigenvalue weighted by atomic mass is 35.5. The van der Waals surface area contributed by atoms with E-state index in [1.807, 2.05) is 13.0 Å². The van der Waals surface area contributed by atoms with Crippen molar-refractivity contribution in [3.05, 3.63) is 45.7 Å². The van der Waals surface area contributed by atoms with E-state index in [9.17, 15) is 4.79 Å². The number of anilines is 1. The summed E-state index contributed by atoms with van der Waals surface area (Å²) in [5.74, 6) is -0.172. The van der Waals surface area contributed by atoms with Gasteiger partial charge in [-0.05, 0) is 38.5 Å². The summed E-state index contributed by atoms with van der Waals surface area (Å²) in [6.07, 6.45) is 1.64. The van der Waals surface area contributed by atoms with E-state index >= 15 is 0 Å². The van der Waals surface area contributed by atoms with Crippen molar-refractivity contribution in [1.29, 1.82) is 0 Å². The number of carbonyl (C=O) groups excluding carboxylic acids is 1. The van der Waals surface area contributed by atoms with Crippen LogP contribution >= 0.6 is 23.2 Å². The number of hydrogen-bond acceptors (Lipinski definition) is 2. The molecule has 0 aliphatic rings. The molecule has 2 aromatic rings. The molecular weight excluding hydrogens is 297 g/mol. The number of nitrogens with zero attached hydrogens (tertiary/aromatic N) is 2.